The minimum Gasteiger partial charge on any atom is -0.497 e. The van der Waals surface area contributed by atoms with Gasteiger partial charge >= 0.3 is 0 Å². The molecule has 0 aliphatic carbocycles. The molecule has 0 bridgehead atoms. The van der Waals surface area contributed by atoms with E-state index in [0.717, 1.165) is 28.4 Å². The number of aliphatic hydroxyl groups is 1. The van der Waals surface area contributed by atoms with E-state index < -0.39 is 21.5 Å². The number of fused-ring (bicyclic) bond motifs is 4. The predicted molar refractivity (Wildman–Crippen MR) is 111 cm³/mol. The summed E-state index contributed by atoms with van der Waals surface area (Å²) in [5.41, 5.74) is 2.12. The summed E-state index contributed by atoms with van der Waals surface area (Å²) in [4.78, 5) is 14.0. The molecule has 0 saturated carbocycles. The number of hydrogen-bond acceptors (Lipinski definition) is 6. The first kappa shape index (κ1) is 21.1. The standard InChI is InChI=1S/C20H27N3O6S/c1-21-15-7-13(29-3)5-6-14(15)18-19(21)16(8-24)23(30(4,26)27)12-20(18)10-22(11-20)17(25)9-28-2/h5-7,16,24H,8-12H2,1-4H3/t16-/m0/s1. The van der Waals surface area contributed by atoms with E-state index in [-0.39, 0.29) is 25.7 Å². The van der Waals surface area contributed by atoms with Gasteiger partial charge in [0, 0.05) is 56.4 Å². The SMILES string of the molecule is COCC(=O)N1CC2(C1)CN(S(C)(=O)=O)[C@@H](CO)c1c2c2ccc(OC)cc2n1C. The van der Waals surface area contributed by atoms with Crippen LogP contribution in [0.3, 0.4) is 0 Å². The van der Waals surface area contributed by atoms with Crippen molar-refractivity contribution in [2.24, 2.45) is 7.05 Å². The van der Waals surface area contributed by atoms with Crippen molar-refractivity contribution >= 4 is 26.8 Å². The summed E-state index contributed by atoms with van der Waals surface area (Å²) in [5.74, 6) is 0.572. The smallest absolute Gasteiger partial charge is 0.248 e. The maximum Gasteiger partial charge on any atom is 0.248 e. The molecule has 1 amide bonds. The highest BCUT2D eigenvalue weighted by Gasteiger charge is 2.56. The lowest BCUT2D eigenvalue weighted by Gasteiger charge is -2.55. The van der Waals surface area contributed by atoms with Crippen molar-refractivity contribution in [3.05, 3.63) is 29.5 Å². The topological polar surface area (TPSA) is 101 Å². The number of rotatable bonds is 5. The Morgan fingerprint density at radius 1 is 1.27 bits per heavy atom. The average Bonchev–Trinajstić information content (AvgIpc) is 2.97. The first-order valence-electron chi connectivity index (χ1n) is 9.68. The second kappa shape index (κ2) is 7.23. The van der Waals surface area contributed by atoms with Gasteiger partial charge in [0.15, 0.2) is 0 Å². The van der Waals surface area contributed by atoms with E-state index in [4.69, 9.17) is 9.47 Å². The van der Waals surface area contributed by atoms with Crippen LogP contribution in [0.5, 0.6) is 5.75 Å². The van der Waals surface area contributed by atoms with Crippen LogP contribution in [0, 0.1) is 0 Å². The summed E-state index contributed by atoms with van der Waals surface area (Å²) >= 11 is 0. The number of likely N-dealkylation sites (tertiary alicyclic amines) is 1. The van der Waals surface area contributed by atoms with Crippen LogP contribution in [0.4, 0.5) is 0 Å². The van der Waals surface area contributed by atoms with Gasteiger partial charge in [-0.3, -0.25) is 4.79 Å². The van der Waals surface area contributed by atoms with Crippen LogP contribution < -0.4 is 4.74 Å². The van der Waals surface area contributed by atoms with E-state index in [1.807, 2.05) is 29.8 Å². The molecule has 4 rings (SSSR count). The number of sulfonamides is 1. The molecule has 164 valence electrons. The van der Waals surface area contributed by atoms with Gasteiger partial charge < -0.3 is 24.0 Å². The Labute approximate surface area is 175 Å². The molecule has 1 fully saturated rings. The van der Waals surface area contributed by atoms with E-state index in [9.17, 15) is 18.3 Å². The largest absolute Gasteiger partial charge is 0.497 e. The lowest BCUT2D eigenvalue weighted by Crippen LogP contribution is -2.68. The lowest BCUT2D eigenvalue weighted by atomic mass is 9.69. The highest BCUT2D eigenvalue weighted by atomic mass is 32.2. The van der Waals surface area contributed by atoms with Crippen LogP contribution in [-0.4, -0.2) is 86.5 Å². The van der Waals surface area contributed by atoms with Crippen LogP contribution in [0.1, 0.15) is 17.3 Å². The van der Waals surface area contributed by atoms with Crippen LogP contribution >= 0.6 is 0 Å². The van der Waals surface area contributed by atoms with E-state index in [2.05, 4.69) is 0 Å². The summed E-state index contributed by atoms with van der Waals surface area (Å²) in [6.45, 7) is 0.676. The number of nitrogens with zero attached hydrogens (tertiary/aromatic N) is 3. The third kappa shape index (κ3) is 3.01. The van der Waals surface area contributed by atoms with Gasteiger partial charge in [0.2, 0.25) is 15.9 Å². The second-order valence-corrected chi connectivity index (χ2v) is 10.1. The van der Waals surface area contributed by atoms with E-state index in [1.54, 1.807) is 12.0 Å². The third-order valence-corrected chi connectivity index (χ3v) is 7.55. The molecular formula is C20H27N3O6S. The number of benzene rings is 1. The Morgan fingerprint density at radius 3 is 2.53 bits per heavy atom. The van der Waals surface area contributed by atoms with Gasteiger partial charge in [0.25, 0.3) is 0 Å². The van der Waals surface area contributed by atoms with Crippen molar-refractivity contribution in [3.8, 4) is 5.75 Å². The zero-order valence-electron chi connectivity index (χ0n) is 17.6. The summed E-state index contributed by atoms with van der Waals surface area (Å²) in [5, 5.41) is 11.2. The number of amides is 1. The molecule has 1 saturated heterocycles. The summed E-state index contributed by atoms with van der Waals surface area (Å²) in [6, 6.07) is 5.07. The van der Waals surface area contributed by atoms with Gasteiger partial charge in [-0.25, -0.2) is 8.42 Å². The predicted octanol–water partition coefficient (Wildman–Crippen LogP) is 0.222. The normalized spacial score (nSPS) is 21.0. The van der Waals surface area contributed by atoms with Gasteiger partial charge in [0.1, 0.15) is 12.4 Å². The number of methoxy groups -OCH3 is 2. The summed E-state index contributed by atoms with van der Waals surface area (Å²) in [7, 11) is 1.35. The van der Waals surface area contributed by atoms with Crippen molar-refractivity contribution in [1.82, 2.24) is 13.8 Å². The third-order valence-electron chi connectivity index (χ3n) is 6.31. The Morgan fingerprint density at radius 2 is 1.97 bits per heavy atom. The van der Waals surface area contributed by atoms with Crippen molar-refractivity contribution in [1.29, 1.82) is 0 Å². The van der Waals surface area contributed by atoms with Crippen molar-refractivity contribution in [2.75, 3.05) is 53.3 Å². The molecule has 1 N–H and O–H groups in total. The van der Waals surface area contributed by atoms with Crippen LogP contribution in [0.2, 0.25) is 0 Å². The van der Waals surface area contributed by atoms with E-state index >= 15 is 0 Å². The van der Waals surface area contributed by atoms with Crippen molar-refractivity contribution < 1.29 is 27.8 Å². The fourth-order valence-corrected chi connectivity index (χ4v) is 6.10. The monoisotopic (exact) mass is 437 g/mol. The van der Waals surface area contributed by atoms with Crippen molar-refractivity contribution in [3.63, 3.8) is 0 Å². The fraction of sp³-hybridized carbons (Fsp3) is 0.550. The Kier molecular flexibility index (Phi) is 5.08. The Hall–Kier alpha value is -2.14. The maximum absolute atomic E-state index is 12.6. The number of aryl methyl sites for hydroxylation is 1. The number of carbonyl (C=O) groups excluding carboxylic acids is 1. The number of carbonyl (C=O) groups is 1. The van der Waals surface area contributed by atoms with Crippen LogP contribution in [-0.2, 0) is 32.0 Å². The maximum atomic E-state index is 12.6. The number of aliphatic hydroxyl groups excluding tert-OH is 1. The van der Waals surface area contributed by atoms with Crippen LogP contribution in [0.15, 0.2) is 18.2 Å². The van der Waals surface area contributed by atoms with Crippen LogP contribution in [0.25, 0.3) is 10.9 Å². The Balaban J connectivity index is 1.92. The van der Waals surface area contributed by atoms with E-state index in [1.165, 1.54) is 11.4 Å². The molecule has 9 nitrogen and oxygen atoms in total. The number of aromatic nitrogens is 1. The average molecular weight is 438 g/mol. The molecule has 1 aromatic heterocycles. The van der Waals surface area contributed by atoms with Gasteiger partial charge in [-0.2, -0.15) is 4.31 Å². The van der Waals surface area contributed by atoms with Gasteiger partial charge in [-0.05, 0) is 17.7 Å². The van der Waals surface area contributed by atoms with Gasteiger partial charge in [0.05, 0.1) is 31.5 Å². The summed E-state index contributed by atoms with van der Waals surface area (Å²) in [6.07, 6.45) is 1.16. The molecule has 1 aromatic carbocycles. The molecule has 1 atom stereocenters. The molecule has 2 aromatic rings. The van der Waals surface area contributed by atoms with Gasteiger partial charge in [-0.15, -0.1) is 0 Å². The first-order chi connectivity index (χ1) is 14.2. The zero-order valence-corrected chi connectivity index (χ0v) is 18.4. The second-order valence-electron chi connectivity index (χ2n) is 8.17. The molecule has 1 spiro atoms. The molecule has 0 unspecified atom stereocenters. The fourth-order valence-electron chi connectivity index (χ4n) is 4.99. The molecule has 3 heterocycles. The highest BCUT2D eigenvalue weighted by Crippen LogP contribution is 2.50. The molecular weight excluding hydrogens is 410 g/mol. The highest BCUT2D eigenvalue weighted by molar-refractivity contribution is 7.88. The molecule has 2 aliphatic heterocycles. The molecule has 2 aliphatic rings. The number of hydrogen-bond donors (Lipinski definition) is 1. The van der Waals surface area contributed by atoms with Gasteiger partial charge in [-0.1, -0.05) is 0 Å². The quantitative estimate of drug-likeness (QED) is 0.718. The lowest BCUT2D eigenvalue weighted by molar-refractivity contribution is -0.144. The molecule has 0 radical (unpaired) electrons. The minimum absolute atomic E-state index is 0.00920. The number of ether oxygens (including phenoxy) is 2. The summed E-state index contributed by atoms with van der Waals surface area (Å²) < 4.78 is 38.9. The Bertz CT molecular complexity index is 1100. The van der Waals surface area contributed by atoms with E-state index in [0.29, 0.717) is 18.8 Å². The zero-order chi connectivity index (χ0) is 21.8. The van der Waals surface area contributed by atoms with Crippen molar-refractivity contribution in [2.45, 2.75) is 11.5 Å². The first-order valence-corrected chi connectivity index (χ1v) is 11.5. The molecule has 10 heteroatoms. The molecule has 30 heavy (non-hydrogen) atoms. The minimum atomic E-state index is -3.58.